The number of hydrogen-bond donors (Lipinski definition) is 2. The number of aliphatic hydroxyl groups is 1. The smallest absolute Gasteiger partial charge is 0.408 e. The highest BCUT2D eigenvalue weighted by molar-refractivity contribution is 7.99. The first-order valence-corrected chi connectivity index (χ1v) is 20.0. The lowest BCUT2D eigenvalue weighted by atomic mass is 9.91. The van der Waals surface area contributed by atoms with Crippen molar-refractivity contribution in [2.24, 2.45) is 5.92 Å². The van der Waals surface area contributed by atoms with Crippen molar-refractivity contribution >= 4 is 35.4 Å². The van der Waals surface area contributed by atoms with Crippen molar-refractivity contribution in [2.45, 2.75) is 56.3 Å². The molecule has 2 saturated heterocycles. The molecule has 12 heteroatoms. The predicted molar refractivity (Wildman–Crippen MR) is 218 cm³/mol. The summed E-state index contributed by atoms with van der Waals surface area (Å²) in [7, 11) is 0. The molecule has 294 valence electrons. The lowest BCUT2D eigenvalue weighted by molar-refractivity contribution is -0.268. The number of rotatable bonds is 12. The van der Waals surface area contributed by atoms with E-state index in [1.807, 2.05) is 115 Å². The maximum absolute atomic E-state index is 13.4. The zero-order chi connectivity index (χ0) is 40.0. The molecular weight excluding hydrogens is 755 g/mol. The number of anilines is 1. The van der Waals surface area contributed by atoms with Crippen LogP contribution in [0, 0.1) is 5.92 Å². The van der Waals surface area contributed by atoms with Gasteiger partial charge in [-0.1, -0.05) is 146 Å². The second-order valence-electron chi connectivity index (χ2n) is 14.1. The van der Waals surface area contributed by atoms with E-state index in [0.29, 0.717) is 28.0 Å². The highest BCUT2D eigenvalue weighted by Gasteiger charge is 2.42. The van der Waals surface area contributed by atoms with Crippen LogP contribution in [-0.2, 0) is 37.0 Å². The van der Waals surface area contributed by atoms with Crippen molar-refractivity contribution in [1.29, 1.82) is 0 Å². The number of carbonyl (C=O) groups excluding carboxylic acids is 3. The lowest BCUT2D eigenvalue weighted by Crippen LogP contribution is -2.42. The molecule has 2 aliphatic heterocycles. The zero-order valence-electron chi connectivity index (χ0n) is 31.6. The molecule has 1 unspecified atom stereocenters. The summed E-state index contributed by atoms with van der Waals surface area (Å²) in [6.07, 6.45) is -2.43. The van der Waals surface area contributed by atoms with Crippen LogP contribution in [0.15, 0.2) is 149 Å². The molecule has 2 fully saturated rings. The van der Waals surface area contributed by atoms with Gasteiger partial charge in [0.1, 0.15) is 18.3 Å². The Balaban J connectivity index is 0.992. The molecule has 5 atom stereocenters. The van der Waals surface area contributed by atoms with Crippen molar-refractivity contribution < 1.29 is 38.1 Å². The first-order chi connectivity index (χ1) is 28.3. The number of amides is 3. The summed E-state index contributed by atoms with van der Waals surface area (Å²) in [5, 5.41) is 12.7. The van der Waals surface area contributed by atoms with Crippen LogP contribution in [0.2, 0.25) is 0 Å². The fraction of sp³-hybridized carbons (Fsp3) is 0.217. The number of nitrogens with one attached hydrogen (secondary N) is 1. The van der Waals surface area contributed by atoms with Gasteiger partial charge in [-0.15, -0.1) is 0 Å². The number of alkyl carbamates (subject to hydrolysis) is 1. The van der Waals surface area contributed by atoms with E-state index in [9.17, 15) is 19.5 Å². The van der Waals surface area contributed by atoms with Crippen LogP contribution in [-0.4, -0.2) is 45.9 Å². The maximum Gasteiger partial charge on any atom is 0.408 e. The number of oxazole rings is 1. The van der Waals surface area contributed by atoms with Gasteiger partial charge in [-0.3, -0.25) is 9.59 Å². The van der Waals surface area contributed by atoms with Crippen LogP contribution in [0.4, 0.5) is 10.5 Å². The van der Waals surface area contributed by atoms with Gasteiger partial charge in [0.25, 0.3) is 11.1 Å². The summed E-state index contributed by atoms with van der Waals surface area (Å²) in [5.41, 5.74) is 6.22. The van der Waals surface area contributed by atoms with Crippen molar-refractivity contribution in [3.8, 4) is 22.6 Å². The summed E-state index contributed by atoms with van der Waals surface area (Å²) in [6, 6.07) is 42.6. The zero-order valence-corrected chi connectivity index (χ0v) is 32.4. The Hall–Kier alpha value is -6.05. The van der Waals surface area contributed by atoms with Gasteiger partial charge >= 0.3 is 6.09 Å². The topological polar surface area (TPSA) is 140 Å². The number of carbonyl (C=O) groups is 3. The lowest BCUT2D eigenvalue weighted by Gasteiger charge is -2.41. The van der Waals surface area contributed by atoms with E-state index in [1.165, 1.54) is 11.8 Å². The molecule has 0 saturated carbocycles. The standard InChI is InChI=1S/C46H41N3O8S/c1-29-38(28-58-46-48-40(32-13-7-3-8-14-32)42(57-46)33-15-9-4-10-16-33)55-44(56-41(29)34-19-17-30(26-50)18-20-34)35-21-23-36(24-22-35)49-39(51)25-37(43(49)52)47-45(53)54-27-31-11-5-2-6-12-31/h2-24,29,37-38,41,44,50H,25-28H2,1H3,(H,47,53)/t29-,37?,38+,41+,44+/m1/s1. The molecule has 2 aliphatic rings. The number of nitrogens with zero attached hydrogens (tertiary/aromatic N) is 2. The molecule has 0 radical (unpaired) electrons. The molecule has 2 N–H and O–H groups in total. The molecule has 58 heavy (non-hydrogen) atoms. The monoisotopic (exact) mass is 795 g/mol. The first kappa shape index (κ1) is 38.8. The molecule has 11 nitrogen and oxygen atoms in total. The molecular formula is C46H41N3O8S. The number of aromatic nitrogens is 1. The number of thioether (sulfide) groups is 1. The van der Waals surface area contributed by atoms with Gasteiger partial charge in [0.15, 0.2) is 12.1 Å². The van der Waals surface area contributed by atoms with Gasteiger partial charge in [-0.2, -0.15) is 0 Å². The SMILES string of the molecule is C[C@@H]1[C@H](CSc2nc(-c3ccccc3)c(-c3ccccc3)o2)O[C@H](c2ccc(N3C(=O)CC(NC(=O)OCc4ccccc4)C3=O)cc2)O[C@@H]1c1ccc(CO)cc1. The minimum Gasteiger partial charge on any atom is -0.445 e. The summed E-state index contributed by atoms with van der Waals surface area (Å²) in [6.45, 7) is 2.05. The molecule has 3 amide bonds. The Morgan fingerprint density at radius 1 is 0.810 bits per heavy atom. The van der Waals surface area contributed by atoms with Crippen molar-refractivity contribution in [1.82, 2.24) is 10.3 Å². The average molecular weight is 796 g/mol. The molecule has 8 rings (SSSR count). The summed E-state index contributed by atoms with van der Waals surface area (Å²) >= 11 is 1.47. The molecule has 6 aromatic rings. The van der Waals surface area contributed by atoms with Gasteiger partial charge in [0, 0.05) is 28.4 Å². The normalized spacial score (nSPS) is 20.6. The van der Waals surface area contributed by atoms with E-state index in [0.717, 1.165) is 38.4 Å². The molecule has 5 aromatic carbocycles. The van der Waals surface area contributed by atoms with E-state index in [2.05, 4.69) is 12.2 Å². The fourth-order valence-corrected chi connectivity index (χ4v) is 8.09. The summed E-state index contributed by atoms with van der Waals surface area (Å²) in [5.74, 6) is 0.117. The first-order valence-electron chi connectivity index (χ1n) is 19.0. The van der Waals surface area contributed by atoms with Crippen molar-refractivity contribution in [3.05, 3.63) is 162 Å². The quantitative estimate of drug-likeness (QED) is 0.0914. The van der Waals surface area contributed by atoms with Crippen LogP contribution in [0.3, 0.4) is 0 Å². The number of ether oxygens (including phenoxy) is 3. The van der Waals surface area contributed by atoms with Gasteiger partial charge < -0.3 is 29.1 Å². The summed E-state index contributed by atoms with van der Waals surface area (Å²) < 4.78 is 25.0. The van der Waals surface area contributed by atoms with E-state index in [1.54, 1.807) is 24.3 Å². The predicted octanol–water partition coefficient (Wildman–Crippen LogP) is 8.64. The van der Waals surface area contributed by atoms with E-state index in [4.69, 9.17) is 23.6 Å². The molecule has 3 heterocycles. The van der Waals surface area contributed by atoms with Crippen LogP contribution in [0.5, 0.6) is 0 Å². The van der Waals surface area contributed by atoms with Gasteiger partial charge in [-0.05, 0) is 28.8 Å². The van der Waals surface area contributed by atoms with E-state index < -0.39 is 30.2 Å². The number of benzene rings is 5. The highest BCUT2D eigenvalue weighted by atomic mass is 32.2. The van der Waals surface area contributed by atoms with E-state index >= 15 is 0 Å². The number of hydrogen-bond acceptors (Lipinski definition) is 10. The van der Waals surface area contributed by atoms with Gasteiger partial charge in [-0.25, -0.2) is 14.7 Å². The maximum atomic E-state index is 13.4. The minimum absolute atomic E-state index is 0.0370. The second-order valence-corrected chi connectivity index (χ2v) is 15.1. The Labute approximate surface area is 340 Å². The molecule has 0 bridgehead atoms. The van der Waals surface area contributed by atoms with E-state index in [-0.39, 0.29) is 37.8 Å². The summed E-state index contributed by atoms with van der Waals surface area (Å²) in [4.78, 5) is 44.9. The average Bonchev–Trinajstić information content (AvgIpc) is 3.83. The number of aliphatic hydroxyl groups excluding tert-OH is 1. The third-order valence-corrected chi connectivity index (χ3v) is 11.2. The Bertz CT molecular complexity index is 2280. The largest absolute Gasteiger partial charge is 0.445 e. The highest BCUT2D eigenvalue weighted by Crippen LogP contribution is 2.44. The Morgan fingerprint density at radius 2 is 1.45 bits per heavy atom. The van der Waals surface area contributed by atoms with Crippen LogP contribution < -0.4 is 10.2 Å². The van der Waals surface area contributed by atoms with Gasteiger partial charge in [0.2, 0.25) is 5.91 Å². The van der Waals surface area contributed by atoms with Gasteiger partial charge in [0.05, 0.1) is 30.9 Å². The van der Waals surface area contributed by atoms with Crippen molar-refractivity contribution in [3.63, 3.8) is 0 Å². The minimum atomic E-state index is -1.05. The molecule has 0 spiro atoms. The Morgan fingerprint density at radius 3 is 2.12 bits per heavy atom. The third-order valence-electron chi connectivity index (χ3n) is 10.3. The second kappa shape index (κ2) is 17.6. The number of imide groups is 1. The third kappa shape index (κ3) is 8.60. The molecule has 0 aliphatic carbocycles. The van der Waals surface area contributed by atoms with Crippen molar-refractivity contribution in [2.75, 3.05) is 10.7 Å². The van der Waals surface area contributed by atoms with Crippen LogP contribution in [0.1, 0.15) is 48.0 Å². The van der Waals surface area contributed by atoms with Crippen LogP contribution in [0.25, 0.3) is 22.6 Å². The Kier molecular flexibility index (Phi) is 11.8. The van der Waals surface area contributed by atoms with Crippen LogP contribution >= 0.6 is 11.8 Å². The fourth-order valence-electron chi connectivity index (χ4n) is 7.11. The molecule has 1 aromatic heterocycles.